The number of carbonyl (C=O) groups is 1. The van der Waals surface area contributed by atoms with Gasteiger partial charge in [0, 0.05) is 18.7 Å². The van der Waals surface area contributed by atoms with E-state index >= 15 is 0 Å². The van der Waals surface area contributed by atoms with E-state index in [1.54, 1.807) is 6.33 Å². The van der Waals surface area contributed by atoms with Crippen LogP contribution in [0.15, 0.2) is 54.9 Å². The molecule has 0 aliphatic carbocycles. The first-order valence-electron chi connectivity index (χ1n) is 7.36. The van der Waals surface area contributed by atoms with Gasteiger partial charge in [0.25, 0.3) is 0 Å². The topological polar surface area (TPSA) is 56.2 Å². The summed E-state index contributed by atoms with van der Waals surface area (Å²) >= 11 is 0. The van der Waals surface area contributed by atoms with Gasteiger partial charge in [0.05, 0.1) is 17.4 Å². The van der Waals surface area contributed by atoms with Crippen LogP contribution < -0.4 is 10.1 Å². The molecule has 1 heterocycles. The molecule has 0 radical (unpaired) electrons. The van der Waals surface area contributed by atoms with E-state index in [0.717, 1.165) is 11.0 Å². The van der Waals surface area contributed by atoms with Gasteiger partial charge < -0.3 is 14.6 Å². The molecule has 0 saturated carbocycles. The highest BCUT2D eigenvalue weighted by molar-refractivity contribution is 5.90. The van der Waals surface area contributed by atoms with E-state index in [9.17, 15) is 13.6 Å². The Kier molecular flexibility index (Phi) is 4.69. The van der Waals surface area contributed by atoms with Crippen molar-refractivity contribution in [2.45, 2.75) is 19.6 Å². The molecule has 0 saturated heterocycles. The quantitative estimate of drug-likeness (QED) is 0.750. The number of aromatic nitrogens is 2. The van der Waals surface area contributed by atoms with E-state index in [4.69, 9.17) is 0 Å². The lowest BCUT2D eigenvalue weighted by molar-refractivity contribution is -0.116. The van der Waals surface area contributed by atoms with Crippen LogP contribution in [-0.2, 0) is 11.3 Å². The molecule has 0 fully saturated rings. The number of amides is 1. The average Bonchev–Trinajstić information content (AvgIpc) is 2.98. The Balaban J connectivity index is 1.56. The third kappa shape index (κ3) is 3.87. The van der Waals surface area contributed by atoms with E-state index in [-0.39, 0.29) is 18.1 Å². The van der Waals surface area contributed by atoms with E-state index in [1.807, 2.05) is 28.8 Å². The van der Waals surface area contributed by atoms with Gasteiger partial charge in [0.2, 0.25) is 5.91 Å². The molecule has 0 unspecified atom stereocenters. The first-order valence-corrected chi connectivity index (χ1v) is 7.36. The van der Waals surface area contributed by atoms with Gasteiger partial charge in [-0.1, -0.05) is 12.1 Å². The maximum atomic E-state index is 12.1. The summed E-state index contributed by atoms with van der Waals surface area (Å²) in [5.74, 6) is -0.122. The Morgan fingerprint density at radius 1 is 1.17 bits per heavy atom. The zero-order valence-electron chi connectivity index (χ0n) is 12.7. The number of nitrogens with one attached hydrogen (secondary N) is 1. The normalized spacial score (nSPS) is 11.0. The Morgan fingerprint density at radius 3 is 2.67 bits per heavy atom. The van der Waals surface area contributed by atoms with E-state index in [1.165, 1.54) is 24.3 Å². The summed E-state index contributed by atoms with van der Waals surface area (Å²) in [6.45, 7) is -2.37. The molecule has 124 valence electrons. The van der Waals surface area contributed by atoms with Crippen molar-refractivity contribution in [3.05, 3.63) is 54.9 Å². The monoisotopic (exact) mass is 331 g/mol. The maximum absolute atomic E-state index is 12.1. The zero-order valence-corrected chi connectivity index (χ0v) is 12.7. The van der Waals surface area contributed by atoms with Crippen LogP contribution >= 0.6 is 0 Å². The van der Waals surface area contributed by atoms with Gasteiger partial charge in [-0.25, -0.2) is 4.98 Å². The number of hydrogen-bond acceptors (Lipinski definition) is 3. The Bertz CT molecular complexity index is 831. The van der Waals surface area contributed by atoms with E-state index in [2.05, 4.69) is 15.0 Å². The van der Waals surface area contributed by atoms with Crippen LogP contribution in [0.2, 0.25) is 0 Å². The SMILES string of the molecule is O=C(CCn1cnc2ccccc21)Nc1ccc(OC(F)F)cc1. The van der Waals surface area contributed by atoms with Gasteiger partial charge in [0.15, 0.2) is 0 Å². The molecular weight excluding hydrogens is 316 g/mol. The molecule has 0 spiro atoms. The molecule has 2 aromatic carbocycles. The number of anilines is 1. The number of benzene rings is 2. The van der Waals surface area contributed by atoms with E-state index in [0.29, 0.717) is 12.2 Å². The molecule has 7 heteroatoms. The van der Waals surface area contributed by atoms with Crippen molar-refractivity contribution in [2.24, 2.45) is 0 Å². The number of aryl methyl sites for hydroxylation is 1. The van der Waals surface area contributed by atoms with Crippen LogP contribution in [0, 0.1) is 0 Å². The van der Waals surface area contributed by atoms with Gasteiger partial charge in [-0.3, -0.25) is 4.79 Å². The minimum atomic E-state index is -2.87. The molecule has 0 bridgehead atoms. The minimum absolute atomic E-state index is 0.0490. The van der Waals surface area contributed by atoms with Crippen LogP contribution in [0.3, 0.4) is 0 Å². The van der Waals surface area contributed by atoms with Gasteiger partial charge in [-0.05, 0) is 36.4 Å². The highest BCUT2D eigenvalue weighted by Gasteiger charge is 2.07. The molecule has 1 N–H and O–H groups in total. The molecule has 5 nitrogen and oxygen atoms in total. The second-order valence-corrected chi connectivity index (χ2v) is 5.13. The number of nitrogens with zero attached hydrogens (tertiary/aromatic N) is 2. The van der Waals surface area contributed by atoms with Crippen molar-refractivity contribution in [1.82, 2.24) is 9.55 Å². The number of para-hydroxylation sites is 2. The van der Waals surface area contributed by atoms with Crippen molar-refractivity contribution >= 4 is 22.6 Å². The van der Waals surface area contributed by atoms with Crippen LogP contribution in [0.4, 0.5) is 14.5 Å². The van der Waals surface area contributed by atoms with Crippen LogP contribution in [0.1, 0.15) is 6.42 Å². The third-order valence-corrected chi connectivity index (χ3v) is 3.47. The first-order chi connectivity index (χ1) is 11.6. The number of fused-ring (bicyclic) bond motifs is 1. The number of alkyl halides is 2. The summed E-state index contributed by atoms with van der Waals surface area (Å²) in [5, 5.41) is 2.72. The zero-order chi connectivity index (χ0) is 16.9. The van der Waals surface area contributed by atoms with Crippen molar-refractivity contribution in [3.8, 4) is 5.75 Å². The smallest absolute Gasteiger partial charge is 0.387 e. The number of halogens is 2. The molecule has 3 rings (SSSR count). The van der Waals surface area contributed by atoms with Gasteiger partial charge in [-0.2, -0.15) is 8.78 Å². The summed E-state index contributed by atoms with van der Waals surface area (Å²) in [4.78, 5) is 16.3. The standard InChI is InChI=1S/C17H15F2N3O2/c18-17(19)24-13-7-5-12(6-8-13)21-16(23)9-10-22-11-20-14-3-1-2-4-15(14)22/h1-8,11,17H,9-10H2,(H,21,23). The summed E-state index contributed by atoms with van der Waals surface area (Å²) in [7, 11) is 0. The summed E-state index contributed by atoms with van der Waals surface area (Å²) in [6.07, 6.45) is 1.98. The Labute approximate surface area is 136 Å². The van der Waals surface area contributed by atoms with Crippen molar-refractivity contribution in [3.63, 3.8) is 0 Å². The Hall–Kier alpha value is -2.96. The molecule has 0 aliphatic heterocycles. The third-order valence-electron chi connectivity index (χ3n) is 3.47. The molecule has 24 heavy (non-hydrogen) atoms. The predicted octanol–water partition coefficient (Wildman–Crippen LogP) is 3.67. The second kappa shape index (κ2) is 7.08. The molecule has 1 amide bonds. The van der Waals surface area contributed by atoms with Crippen LogP contribution in [-0.4, -0.2) is 22.1 Å². The number of ether oxygens (including phenoxy) is 1. The number of imidazole rings is 1. The highest BCUT2D eigenvalue weighted by atomic mass is 19.3. The number of hydrogen-bond donors (Lipinski definition) is 1. The molecular formula is C17H15F2N3O2. The summed E-state index contributed by atoms with van der Waals surface area (Å²) in [6, 6.07) is 13.5. The van der Waals surface area contributed by atoms with Gasteiger partial charge in [0.1, 0.15) is 5.75 Å². The van der Waals surface area contributed by atoms with Crippen molar-refractivity contribution in [1.29, 1.82) is 0 Å². The molecule has 0 aliphatic rings. The summed E-state index contributed by atoms with van der Waals surface area (Å²) < 4.78 is 30.3. The van der Waals surface area contributed by atoms with E-state index < -0.39 is 6.61 Å². The largest absolute Gasteiger partial charge is 0.435 e. The van der Waals surface area contributed by atoms with Gasteiger partial charge in [-0.15, -0.1) is 0 Å². The van der Waals surface area contributed by atoms with Gasteiger partial charge >= 0.3 is 6.61 Å². The predicted molar refractivity (Wildman–Crippen MR) is 86.1 cm³/mol. The fourth-order valence-corrected chi connectivity index (χ4v) is 2.35. The Morgan fingerprint density at radius 2 is 1.92 bits per heavy atom. The maximum Gasteiger partial charge on any atom is 0.387 e. The van der Waals surface area contributed by atoms with Crippen LogP contribution in [0.5, 0.6) is 5.75 Å². The van der Waals surface area contributed by atoms with Crippen molar-refractivity contribution in [2.75, 3.05) is 5.32 Å². The molecule has 3 aromatic rings. The summed E-state index contributed by atoms with van der Waals surface area (Å²) in [5.41, 5.74) is 2.38. The minimum Gasteiger partial charge on any atom is -0.435 e. The fraction of sp³-hybridized carbons (Fsp3) is 0.176. The second-order valence-electron chi connectivity index (χ2n) is 5.13. The lowest BCUT2D eigenvalue weighted by Gasteiger charge is -2.08. The van der Waals surface area contributed by atoms with Crippen LogP contribution in [0.25, 0.3) is 11.0 Å². The number of carbonyl (C=O) groups excluding carboxylic acids is 1. The lowest BCUT2D eigenvalue weighted by Crippen LogP contribution is -2.14. The first kappa shape index (κ1) is 15.9. The fourth-order valence-electron chi connectivity index (χ4n) is 2.35. The molecule has 1 aromatic heterocycles. The number of rotatable bonds is 6. The highest BCUT2D eigenvalue weighted by Crippen LogP contribution is 2.18. The van der Waals surface area contributed by atoms with Crippen molar-refractivity contribution < 1.29 is 18.3 Å². The lowest BCUT2D eigenvalue weighted by atomic mass is 10.3. The average molecular weight is 331 g/mol. The molecule has 0 atom stereocenters.